The number of hydrogen-bond acceptors (Lipinski definition) is 3. The SMILES string of the molecule is CC(SCC(=O)O)C(=O)NC1CCCCC1. The van der Waals surface area contributed by atoms with Gasteiger partial charge in [-0.15, -0.1) is 11.8 Å². The predicted molar refractivity (Wildman–Crippen MR) is 64.6 cm³/mol. The van der Waals surface area contributed by atoms with E-state index in [1.165, 1.54) is 31.0 Å². The van der Waals surface area contributed by atoms with E-state index in [0.717, 1.165) is 12.8 Å². The van der Waals surface area contributed by atoms with Gasteiger partial charge in [-0.2, -0.15) is 0 Å². The number of carboxylic acid groups (broad SMARTS) is 1. The molecule has 1 fully saturated rings. The maximum atomic E-state index is 11.7. The minimum Gasteiger partial charge on any atom is -0.481 e. The van der Waals surface area contributed by atoms with Crippen molar-refractivity contribution in [2.24, 2.45) is 0 Å². The Labute approximate surface area is 100 Å². The number of nitrogens with one attached hydrogen (secondary N) is 1. The molecule has 0 saturated heterocycles. The molecule has 1 atom stereocenters. The number of carbonyl (C=O) groups is 2. The molecule has 0 bridgehead atoms. The van der Waals surface area contributed by atoms with Gasteiger partial charge in [-0.25, -0.2) is 0 Å². The fraction of sp³-hybridized carbons (Fsp3) is 0.818. The Morgan fingerprint density at radius 1 is 1.38 bits per heavy atom. The van der Waals surface area contributed by atoms with Crippen molar-refractivity contribution in [2.45, 2.75) is 50.3 Å². The van der Waals surface area contributed by atoms with Crippen molar-refractivity contribution >= 4 is 23.6 Å². The summed E-state index contributed by atoms with van der Waals surface area (Å²) in [4.78, 5) is 22.1. The summed E-state index contributed by atoms with van der Waals surface area (Å²) in [5, 5.41) is 11.2. The van der Waals surface area contributed by atoms with E-state index in [4.69, 9.17) is 5.11 Å². The van der Waals surface area contributed by atoms with Crippen molar-refractivity contribution < 1.29 is 14.7 Å². The third kappa shape index (κ3) is 4.88. The van der Waals surface area contributed by atoms with E-state index in [-0.39, 0.29) is 16.9 Å². The molecule has 1 rings (SSSR count). The van der Waals surface area contributed by atoms with E-state index in [1.54, 1.807) is 6.92 Å². The second-order valence-corrected chi connectivity index (χ2v) is 5.52. The Morgan fingerprint density at radius 3 is 2.56 bits per heavy atom. The lowest BCUT2D eigenvalue weighted by Gasteiger charge is -2.24. The summed E-state index contributed by atoms with van der Waals surface area (Å²) in [5.41, 5.74) is 0. The Bertz CT molecular complexity index is 252. The maximum Gasteiger partial charge on any atom is 0.313 e. The summed E-state index contributed by atoms with van der Waals surface area (Å²) in [5.74, 6) is -0.917. The van der Waals surface area contributed by atoms with Gasteiger partial charge in [0, 0.05) is 6.04 Å². The van der Waals surface area contributed by atoms with Gasteiger partial charge in [0.2, 0.25) is 5.91 Å². The van der Waals surface area contributed by atoms with Gasteiger partial charge < -0.3 is 10.4 Å². The lowest BCUT2D eigenvalue weighted by atomic mass is 9.95. The Kier molecular flexibility index (Phi) is 5.66. The number of rotatable bonds is 5. The first kappa shape index (κ1) is 13.4. The standard InChI is InChI=1S/C11H19NO3S/c1-8(16-7-10(13)14)11(15)12-9-5-3-2-4-6-9/h8-9H,2-7H2,1H3,(H,12,15)(H,13,14). The average Bonchev–Trinajstić information content (AvgIpc) is 2.27. The van der Waals surface area contributed by atoms with Crippen LogP contribution >= 0.6 is 11.8 Å². The van der Waals surface area contributed by atoms with Crippen LogP contribution in [-0.2, 0) is 9.59 Å². The van der Waals surface area contributed by atoms with Gasteiger partial charge in [0.05, 0.1) is 11.0 Å². The first-order valence-corrected chi connectivity index (χ1v) is 6.78. The molecule has 0 aliphatic heterocycles. The van der Waals surface area contributed by atoms with Crippen LogP contribution in [0.4, 0.5) is 0 Å². The molecule has 92 valence electrons. The summed E-state index contributed by atoms with van der Waals surface area (Å²) < 4.78 is 0. The normalized spacial score (nSPS) is 19.1. The second kappa shape index (κ2) is 6.78. The van der Waals surface area contributed by atoms with E-state index in [9.17, 15) is 9.59 Å². The van der Waals surface area contributed by atoms with Crippen LogP contribution in [0, 0.1) is 0 Å². The highest BCUT2D eigenvalue weighted by molar-refractivity contribution is 8.01. The van der Waals surface area contributed by atoms with E-state index >= 15 is 0 Å². The Morgan fingerprint density at radius 2 is 2.00 bits per heavy atom. The smallest absolute Gasteiger partial charge is 0.313 e. The average molecular weight is 245 g/mol. The third-order valence-corrected chi connectivity index (χ3v) is 3.91. The minimum absolute atomic E-state index is 0.0146. The predicted octanol–water partition coefficient (Wildman–Crippen LogP) is 1.64. The molecule has 1 saturated carbocycles. The Hall–Kier alpha value is -0.710. The molecular weight excluding hydrogens is 226 g/mol. The highest BCUT2D eigenvalue weighted by Crippen LogP contribution is 2.18. The van der Waals surface area contributed by atoms with Crippen LogP contribution in [0.5, 0.6) is 0 Å². The van der Waals surface area contributed by atoms with Gasteiger partial charge >= 0.3 is 5.97 Å². The van der Waals surface area contributed by atoms with Crippen LogP contribution < -0.4 is 5.32 Å². The summed E-state index contributed by atoms with van der Waals surface area (Å²) in [6.07, 6.45) is 5.74. The highest BCUT2D eigenvalue weighted by Gasteiger charge is 2.20. The first-order chi connectivity index (χ1) is 7.59. The number of carboxylic acids is 1. The molecule has 1 aliphatic rings. The molecule has 5 heteroatoms. The molecule has 1 amide bonds. The van der Waals surface area contributed by atoms with Crippen LogP contribution in [0.1, 0.15) is 39.0 Å². The van der Waals surface area contributed by atoms with E-state index in [2.05, 4.69) is 5.32 Å². The van der Waals surface area contributed by atoms with Gasteiger partial charge in [-0.1, -0.05) is 19.3 Å². The molecule has 0 spiro atoms. The highest BCUT2D eigenvalue weighted by atomic mass is 32.2. The van der Waals surface area contributed by atoms with Crippen molar-refractivity contribution in [1.29, 1.82) is 0 Å². The van der Waals surface area contributed by atoms with Gasteiger partial charge in [0.25, 0.3) is 0 Å². The summed E-state index contributed by atoms with van der Waals surface area (Å²) in [7, 11) is 0. The molecule has 0 aromatic carbocycles. The van der Waals surface area contributed by atoms with E-state index < -0.39 is 5.97 Å². The van der Waals surface area contributed by atoms with Gasteiger partial charge in [0.1, 0.15) is 0 Å². The molecule has 0 radical (unpaired) electrons. The minimum atomic E-state index is -0.873. The molecular formula is C11H19NO3S. The van der Waals surface area contributed by atoms with Gasteiger partial charge in [-0.05, 0) is 19.8 Å². The fourth-order valence-corrected chi connectivity index (χ4v) is 2.45. The van der Waals surface area contributed by atoms with Crippen molar-refractivity contribution in [3.05, 3.63) is 0 Å². The van der Waals surface area contributed by atoms with Crippen LogP contribution in [0.15, 0.2) is 0 Å². The largest absolute Gasteiger partial charge is 0.481 e. The Balaban J connectivity index is 2.24. The number of hydrogen-bond donors (Lipinski definition) is 2. The van der Waals surface area contributed by atoms with Gasteiger partial charge in [0.15, 0.2) is 0 Å². The maximum absolute atomic E-state index is 11.7. The summed E-state index contributed by atoms with van der Waals surface area (Å²) >= 11 is 1.17. The number of amides is 1. The topological polar surface area (TPSA) is 66.4 Å². The molecule has 1 unspecified atom stereocenters. The molecule has 0 heterocycles. The molecule has 0 aromatic heterocycles. The van der Waals surface area contributed by atoms with Crippen LogP contribution in [0.25, 0.3) is 0 Å². The summed E-state index contributed by atoms with van der Waals surface area (Å²) in [6, 6.07) is 0.300. The quantitative estimate of drug-likeness (QED) is 0.772. The van der Waals surface area contributed by atoms with Crippen molar-refractivity contribution in [3.63, 3.8) is 0 Å². The lowest BCUT2D eigenvalue weighted by Crippen LogP contribution is -2.40. The van der Waals surface area contributed by atoms with Crippen LogP contribution in [0.2, 0.25) is 0 Å². The molecule has 0 aromatic rings. The fourth-order valence-electron chi connectivity index (χ4n) is 1.84. The van der Waals surface area contributed by atoms with Gasteiger partial charge in [-0.3, -0.25) is 9.59 Å². The first-order valence-electron chi connectivity index (χ1n) is 5.73. The third-order valence-electron chi connectivity index (χ3n) is 2.78. The van der Waals surface area contributed by atoms with Crippen molar-refractivity contribution in [1.82, 2.24) is 5.32 Å². The lowest BCUT2D eigenvalue weighted by molar-refractivity contribution is -0.133. The zero-order chi connectivity index (χ0) is 12.0. The molecule has 1 aliphatic carbocycles. The van der Waals surface area contributed by atoms with Crippen LogP contribution in [-0.4, -0.2) is 34.0 Å². The molecule has 16 heavy (non-hydrogen) atoms. The van der Waals surface area contributed by atoms with Crippen LogP contribution in [0.3, 0.4) is 0 Å². The zero-order valence-corrected chi connectivity index (χ0v) is 10.4. The number of aliphatic carboxylic acids is 1. The van der Waals surface area contributed by atoms with Crippen molar-refractivity contribution in [3.8, 4) is 0 Å². The number of thioether (sulfide) groups is 1. The van der Waals surface area contributed by atoms with E-state index in [1.807, 2.05) is 0 Å². The second-order valence-electron chi connectivity index (χ2n) is 4.19. The molecule has 4 nitrogen and oxygen atoms in total. The zero-order valence-electron chi connectivity index (χ0n) is 9.57. The van der Waals surface area contributed by atoms with Crippen molar-refractivity contribution in [2.75, 3.05) is 5.75 Å². The monoisotopic (exact) mass is 245 g/mol. The number of carbonyl (C=O) groups excluding carboxylic acids is 1. The van der Waals surface area contributed by atoms with E-state index in [0.29, 0.717) is 6.04 Å². The summed E-state index contributed by atoms with van der Waals surface area (Å²) in [6.45, 7) is 1.76. The molecule has 2 N–H and O–H groups in total.